The molecule has 1 aliphatic heterocycles. The smallest absolute Gasteiger partial charge is 0.409 e. The van der Waals surface area contributed by atoms with Crippen molar-refractivity contribution >= 4 is 33.7 Å². The van der Waals surface area contributed by atoms with E-state index >= 15 is 0 Å². The Bertz CT molecular complexity index is 706. The van der Waals surface area contributed by atoms with Crippen molar-refractivity contribution in [3.63, 3.8) is 0 Å². The number of aromatic carboxylic acids is 1. The van der Waals surface area contributed by atoms with Crippen molar-refractivity contribution < 1.29 is 27.9 Å². The summed E-state index contributed by atoms with van der Waals surface area (Å²) in [5.74, 6) is -1.32. The van der Waals surface area contributed by atoms with E-state index in [1.807, 2.05) is 0 Å². The van der Waals surface area contributed by atoms with Crippen LogP contribution < -0.4 is 4.72 Å². The minimum atomic E-state index is -3.89. The van der Waals surface area contributed by atoms with Crippen molar-refractivity contribution in [1.82, 2.24) is 9.62 Å². The van der Waals surface area contributed by atoms with Gasteiger partial charge in [0.15, 0.2) is 0 Å². The second-order valence-corrected chi connectivity index (χ2v) is 6.62. The van der Waals surface area contributed by atoms with Crippen LogP contribution in [0.15, 0.2) is 23.1 Å². The first kappa shape index (κ1) is 16.5. The second-order valence-electron chi connectivity index (χ2n) is 4.45. The molecule has 22 heavy (non-hydrogen) atoms. The van der Waals surface area contributed by atoms with Gasteiger partial charge in [-0.3, -0.25) is 0 Å². The zero-order chi connectivity index (χ0) is 16.3. The lowest BCUT2D eigenvalue weighted by Gasteiger charge is -2.13. The van der Waals surface area contributed by atoms with Crippen LogP contribution in [-0.4, -0.2) is 56.7 Å². The number of sulfonamides is 1. The number of carbonyl (C=O) groups is 2. The number of hydrogen-bond donors (Lipinski definition) is 2. The summed E-state index contributed by atoms with van der Waals surface area (Å²) in [4.78, 5) is 23.3. The zero-order valence-electron chi connectivity index (χ0n) is 11.3. The van der Waals surface area contributed by atoms with Gasteiger partial charge in [0.1, 0.15) is 6.61 Å². The van der Waals surface area contributed by atoms with Crippen LogP contribution in [0.5, 0.6) is 0 Å². The van der Waals surface area contributed by atoms with Gasteiger partial charge in [0.05, 0.1) is 22.0 Å². The van der Waals surface area contributed by atoms with Crippen molar-refractivity contribution in [2.45, 2.75) is 4.90 Å². The highest BCUT2D eigenvalue weighted by atomic mass is 35.5. The average molecular weight is 349 g/mol. The minimum Gasteiger partial charge on any atom is -0.478 e. The number of benzene rings is 1. The van der Waals surface area contributed by atoms with Crippen molar-refractivity contribution in [2.24, 2.45) is 0 Å². The molecule has 0 spiro atoms. The number of cyclic esters (lactones) is 1. The maximum atomic E-state index is 12.1. The van der Waals surface area contributed by atoms with Gasteiger partial charge in [-0.2, -0.15) is 0 Å². The summed E-state index contributed by atoms with van der Waals surface area (Å²) in [6, 6.07) is 3.40. The molecule has 120 valence electrons. The fourth-order valence-corrected chi connectivity index (χ4v) is 3.11. The van der Waals surface area contributed by atoms with Crippen LogP contribution in [0.25, 0.3) is 0 Å². The van der Waals surface area contributed by atoms with E-state index in [0.717, 1.165) is 6.07 Å². The molecule has 0 aliphatic carbocycles. The van der Waals surface area contributed by atoms with Crippen molar-refractivity contribution in [1.29, 1.82) is 0 Å². The molecule has 1 aromatic rings. The molecule has 10 heteroatoms. The molecular weight excluding hydrogens is 336 g/mol. The summed E-state index contributed by atoms with van der Waals surface area (Å²) in [7, 11) is -3.89. The molecule has 1 aromatic carbocycles. The SMILES string of the molecule is O=C(O)c1cc(S(=O)(=O)NCCN2CCOC2=O)ccc1Cl. The van der Waals surface area contributed by atoms with Gasteiger partial charge < -0.3 is 14.7 Å². The van der Waals surface area contributed by atoms with E-state index in [0.29, 0.717) is 6.54 Å². The Labute approximate surface area is 131 Å². The van der Waals surface area contributed by atoms with Gasteiger partial charge in [-0.05, 0) is 18.2 Å². The third-order valence-electron chi connectivity index (χ3n) is 3.00. The molecule has 8 nitrogen and oxygen atoms in total. The first-order valence-corrected chi connectivity index (χ1v) is 8.11. The maximum Gasteiger partial charge on any atom is 0.409 e. The van der Waals surface area contributed by atoms with Crippen LogP contribution in [0.4, 0.5) is 4.79 Å². The molecule has 1 fully saturated rings. The predicted octanol–water partition coefficient (Wildman–Crippen LogP) is 0.769. The highest BCUT2D eigenvalue weighted by Crippen LogP contribution is 2.20. The van der Waals surface area contributed by atoms with E-state index in [9.17, 15) is 18.0 Å². The van der Waals surface area contributed by atoms with E-state index in [1.54, 1.807) is 0 Å². The van der Waals surface area contributed by atoms with Crippen LogP contribution in [0, 0.1) is 0 Å². The van der Waals surface area contributed by atoms with Crippen LogP contribution in [0.1, 0.15) is 10.4 Å². The number of nitrogens with one attached hydrogen (secondary N) is 1. The van der Waals surface area contributed by atoms with Crippen LogP contribution in [0.3, 0.4) is 0 Å². The van der Waals surface area contributed by atoms with Gasteiger partial charge in [0.25, 0.3) is 0 Å². The van der Waals surface area contributed by atoms with Gasteiger partial charge in [0.2, 0.25) is 10.0 Å². The van der Waals surface area contributed by atoms with Crippen molar-refractivity contribution in [3.05, 3.63) is 28.8 Å². The number of nitrogens with zero attached hydrogens (tertiary/aromatic N) is 1. The number of rotatable bonds is 6. The Morgan fingerprint density at radius 3 is 2.77 bits per heavy atom. The summed E-state index contributed by atoms with van der Waals surface area (Å²) in [5.41, 5.74) is -0.298. The van der Waals surface area contributed by atoms with E-state index in [2.05, 4.69) is 4.72 Å². The molecule has 0 aromatic heterocycles. The van der Waals surface area contributed by atoms with Gasteiger partial charge >= 0.3 is 12.1 Å². The third kappa shape index (κ3) is 3.67. The number of carboxylic acids is 1. The molecule has 0 bridgehead atoms. The van der Waals surface area contributed by atoms with E-state index in [4.69, 9.17) is 21.4 Å². The van der Waals surface area contributed by atoms with E-state index in [-0.39, 0.29) is 35.2 Å². The Kier molecular flexibility index (Phi) is 4.89. The number of amides is 1. The quantitative estimate of drug-likeness (QED) is 0.785. The van der Waals surface area contributed by atoms with Gasteiger partial charge in [0, 0.05) is 13.1 Å². The maximum absolute atomic E-state index is 12.1. The van der Waals surface area contributed by atoms with Crippen LogP contribution in [-0.2, 0) is 14.8 Å². The molecule has 0 saturated carbocycles. The first-order valence-electron chi connectivity index (χ1n) is 6.25. The summed E-state index contributed by atoms with van der Waals surface area (Å²) in [5, 5.41) is 8.90. The highest BCUT2D eigenvalue weighted by molar-refractivity contribution is 7.89. The van der Waals surface area contributed by atoms with E-state index in [1.165, 1.54) is 17.0 Å². The largest absolute Gasteiger partial charge is 0.478 e. The van der Waals surface area contributed by atoms with Gasteiger partial charge in [-0.15, -0.1) is 0 Å². The lowest BCUT2D eigenvalue weighted by molar-refractivity contribution is 0.0696. The fraction of sp³-hybridized carbons (Fsp3) is 0.333. The lowest BCUT2D eigenvalue weighted by Crippen LogP contribution is -2.35. The topological polar surface area (TPSA) is 113 Å². The summed E-state index contributed by atoms with van der Waals surface area (Å²) >= 11 is 5.69. The number of carboxylic acid groups (broad SMARTS) is 1. The molecule has 1 heterocycles. The van der Waals surface area contributed by atoms with Crippen molar-refractivity contribution in [2.75, 3.05) is 26.2 Å². The fourth-order valence-electron chi connectivity index (χ4n) is 1.86. The summed E-state index contributed by atoms with van der Waals surface area (Å²) in [6.07, 6.45) is -0.487. The summed E-state index contributed by atoms with van der Waals surface area (Å²) in [6.45, 7) is 0.843. The van der Waals surface area contributed by atoms with Gasteiger partial charge in [-0.25, -0.2) is 22.7 Å². The monoisotopic (exact) mass is 348 g/mol. The zero-order valence-corrected chi connectivity index (χ0v) is 12.9. The molecule has 0 atom stereocenters. The number of halogens is 1. The normalized spacial score (nSPS) is 15.0. The summed E-state index contributed by atoms with van der Waals surface area (Å²) < 4.78 is 31.2. The first-order chi connectivity index (χ1) is 10.3. The number of hydrogen-bond acceptors (Lipinski definition) is 5. The minimum absolute atomic E-state index is 0.0114. The Balaban J connectivity index is 2.05. The Hall–Kier alpha value is -1.84. The Morgan fingerprint density at radius 1 is 1.45 bits per heavy atom. The average Bonchev–Trinajstić information content (AvgIpc) is 2.84. The van der Waals surface area contributed by atoms with Crippen LogP contribution >= 0.6 is 11.6 Å². The predicted molar refractivity (Wildman–Crippen MR) is 76.5 cm³/mol. The molecule has 1 saturated heterocycles. The highest BCUT2D eigenvalue weighted by Gasteiger charge is 2.23. The third-order valence-corrected chi connectivity index (χ3v) is 4.79. The standard InChI is InChI=1S/C12H13ClN2O6S/c13-10-2-1-8(7-9(10)11(16)17)22(19,20)14-3-4-15-5-6-21-12(15)18/h1-2,7,14H,3-6H2,(H,16,17). The second kappa shape index (κ2) is 6.51. The molecule has 0 radical (unpaired) electrons. The van der Waals surface area contributed by atoms with Crippen LogP contribution in [0.2, 0.25) is 5.02 Å². The molecule has 1 aliphatic rings. The van der Waals surface area contributed by atoms with E-state index < -0.39 is 22.1 Å². The lowest BCUT2D eigenvalue weighted by atomic mass is 10.2. The van der Waals surface area contributed by atoms with Gasteiger partial charge in [-0.1, -0.05) is 11.6 Å². The molecule has 2 rings (SSSR count). The number of carbonyl (C=O) groups excluding carboxylic acids is 1. The number of ether oxygens (including phenoxy) is 1. The molecule has 1 amide bonds. The Morgan fingerprint density at radius 2 is 2.18 bits per heavy atom. The molecule has 2 N–H and O–H groups in total. The molecule has 0 unspecified atom stereocenters. The molecular formula is C12H13ClN2O6S. The van der Waals surface area contributed by atoms with Crippen molar-refractivity contribution in [3.8, 4) is 0 Å².